The monoisotopic (exact) mass is 601 g/mol. The van der Waals surface area contributed by atoms with Gasteiger partial charge in [0.2, 0.25) is 0 Å². The quantitative estimate of drug-likeness (QED) is 0.328. The fourth-order valence-electron chi connectivity index (χ4n) is 7.03. The first-order valence-corrected chi connectivity index (χ1v) is 18.4. The molecule has 0 amide bonds. The topological polar surface area (TPSA) is 40.6 Å². The zero-order chi connectivity index (χ0) is 30.5. The van der Waals surface area contributed by atoms with Crippen LogP contribution in [0.4, 0.5) is 13.2 Å². The lowest BCUT2D eigenvalue weighted by Crippen LogP contribution is -2.45. The van der Waals surface area contributed by atoms with Gasteiger partial charge < -0.3 is 13.9 Å². The Kier molecular flexibility index (Phi) is 6.94. The molecule has 1 saturated carbocycles. The lowest BCUT2D eigenvalue weighted by molar-refractivity contribution is -0.137. The number of benzene rings is 1. The molecule has 4 aliphatic rings. The Morgan fingerprint density at radius 3 is 2.10 bits per heavy atom. The standard InChI is InChI=1S/C34H46F3NO3Si/c1-30(2,3)42(7,8)41-24-20-31(4,5)19-23-25(24)27-26(29(38-23)32(6)13-14-32)28(40-33(27)15-17-39-18-16-33)21-9-11-22(12-10-21)34(35,36)37/h9-12,24,28H,13-20H2,1-8H3/t24?,28-/m1/s1. The molecule has 1 aromatic heterocycles. The van der Waals surface area contributed by atoms with E-state index in [0.29, 0.717) is 26.1 Å². The molecule has 1 unspecified atom stereocenters. The van der Waals surface area contributed by atoms with E-state index in [0.717, 1.165) is 48.2 Å². The molecular weight excluding hydrogens is 555 g/mol. The van der Waals surface area contributed by atoms with E-state index in [1.807, 2.05) is 0 Å². The molecule has 1 aromatic carbocycles. The smallest absolute Gasteiger partial charge is 0.410 e. The van der Waals surface area contributed by atoms with Gasteiger partial charge in [0.25, 0.3) is 0 Å². The van der Waals surface area contributed by atoms with Crippen LogP contribution >= 0.6 is 0 Å². The van der Waals surface area contributed by atoms with Crippen LogP contribution in [-0.2, 0) is 37.5 Å². The van der Waals surface area contributed by atoms with Gasteiger partial charge in [0.15, 0.2) is 8.32 Å². The van der Waals surface area contributed by atoms with Gasteiger partial charge >= 0.3 is 6.18 Å². The third-order valence-corrected chi connectivity index (χ3v) is 15.3. The van der Waals surface area contributed by atoms with Gasteiger partial charge in [-0.25, -0.2) is 0 Å². The number of pyridine rings is 1. The lowest BCUT2D eigenvalue weighted by atomic mass is 9.69. The van der Waals surface area contributed by atoms with Crippen LogP contribution in [0.3, 0.4) is 0 Å². The predicted molar refractivity (Wildman–Crippen MR) is 160 cm³/mol. The van der Waals surface area contributed by atoms with E-state index in [1.165, 1.54) is 23.3 Å². The first kappa shape index (κ1) is 30.3. The van der Waals surface area contributed by atoms with Gasteiger partial charge in [0.05, 0.1) is 23.0 Å². The van der Waals surface area contributed by atoms with Gasteiger partial charge in [-0.3, -0.25) is 4.98 Å². The fourth-order valence-corrected chi connectivity index (χ4v) is 8.30. The van der Waals surface area contributed by atoms with Crippen molar-refractivity contribution in [3.05, 3.63) is 63.5 Å². The summed E-state index contributed by atoms with van der Waals surface area (Å²) in [5.41, 5.74) is 5.18. The van der Waals surface area contributed by atoms with Crippen molar-refractivity contribution >= 4 is 8.32 Å². The minimum atomic E-state index is -4.39. The molecule has 3 heterocycles. The molecule has 0 bridgehead atoms. The summed E-state index contributed by atoms with van der Waals surface area (Å²) in [4.78, 5) is 5.51. The highest BCUT2D eigenvalue weighted by Crippen LogP contribution is 2.61. The Hall–Kier alpha value is -1.74. The van der Waals surface area contributed by atoms with Gasteiger partial charge in [-0.05, 0) is 72.5 Å². The molecule has 230 valence electrons. The van der Waals surface area contributed by atoms with Crippen LogP contribution in [-0.4, -0.2) is 26.5 Å². The van der Waals surface area contributed by atoms with Gasteiger partial charge in [0.1, 0.15) is 6.10 Å². The number of hydrogen-bond donors (Lipinski definition) is 0. The molecule has 0 radical (unpaired) electrons. The number of ether oxygens (including phenoxy) is 2. The van der Waals surface area contributed by atoms with Crippen molar-refractivity contribution in [2.24, 2.45) is 5.41 Å². The number of fused-ring (bicyclic) bond motifs is 4. The zero-order valence-electron chi connectivity index (χ0n) is 26.4. The van der Waals surface area contributed by atoms with E-state index in [9.17, 15) is 13.2 Å². The molecule has 8 heteroatoms. The van der Waals surface area contributed by atoms with E-state index < -0.39 is 31.8 Å². The SMILES string of the molecule is CC1(C)Cc2nc(C3(C)CC3)c3c(c2C(O[Si](C)(C)C(C)(C)C)C1)C1(CCOCC1)O[C@@H]3c1ccc(C(F)(F)F)cc1. The number of rotatable bonds is 4. The van der Waals surface area contributed by atoms with E-state index in [2.05, 4.69) is 54.6 Å². The van der Waals surface area contributed by atoms with Crippen molar-refractivity contribution in [1.82, 2.24) is 4.98 Å². The maximum atomic E-state index is 13.5. The summed E-state index contributed by atoms with van der Waals surface area (Å²) < 4.78 is 60.8. The predicted octanol–water partition coefficient (Wildman–Crippen LogP) is 9.31. The van der Waals surface area contributed by atoms with Crippen molar-refractivity contribution in [3.63, 3.8) is 0 Å². The lowest BCUT2D eigenvalue weighted by Gasteiger charge is -2.46. The van der Waals surface area contributed by atoms with Crippen LogP contribution in [0.25, 0.3) is 0 Å². The molecule has 2 fully saturated rings. The summed E-state index contributed by atoms with van der Waals surface area (Å²) in [5, 5.41) is 0.0441. The molecule has 4 nitrogen and oxygen atoms in total. The summed E-state index contributed by atoms with van der Waals surface area (Å²) >= 11 is 0. The van der Waals surface area contributed by atoms with Crippen molar-refractivity contribution in [2.45, 2.75) is 128 Å². The van der Waals surface area contributed by atoms with E-state index in [-0.39, 0.29) is 22.0 Å². The average molecular weight is 602 g/mol. The number of nitrogens with zero attached hydrogens (tertiary/aromatic N) is 1. The van der Waals surface area contributed by atoms with Gasteiger partial charge in [-0.15, -0.1) is 0 Å². The number of aromatic nitrogens is 1. The molecule has 2 atom stereocenters. The van der Waals surface area contributed by atoms with Crippen molar-refractivity contribution < 1.29 is 27.1 Å². The second-order valence-corrected chi connectivity index (χ2v) is 20.6. The van der Waals surface area contributed by atoms with Gasteiger partial charge in [-0.2, -0.15) is 13.2 Å². The number of halogens is 3. The normalized spacial score (nSPS) is 26.2. The maximum absolute atomic E-state index is 13.5. The molecule has 2 aromatic rings. The molecule has 2 aliphatic carbocycles. The summed E-state index contributed by atoms with van der Waals surface area (Å²) in [6, 6.07) is 5.56. The summed E-state index contributed by atoms with van der Waals surface area (Å²) in [7, 11) is -2.16. The second-order valence-electron chi connectivity index (χ2n) is 15.8. The van der Waals surface area contributed by atoms with Crippen LogP contribution in [0.2, 0.25) is 18.1 Å². The summed E-state index contributed by atoms with van der Waals surface area (Å²) in [6.07, 6.45) is 0.310. The van der Waals surface area contributed by atoms with Crippen LogP contribution in [0.15, 0.2) is 24.3 Å². The Morgan fingerprint density at radius 2 is 1.55 bits per heavy atom. The third-order valence-electron chi connectivity index (χ3n) is 10.8. The molecule has 1 saturated heterocycles. The third kappa shape index (κ3) is 5.08. The highest BCUT2D eigenvalue weighted by Gasteiger charge is 2.56. The Balaban J connectivity index is 1.60. The number of alkyl halides is 3. The molecule has 0 N–H and O–H groups in total. The van der Waals surface area contributed by atoms with E-state index in [4.69, 9.17) is 18.9 Å². The molecule has 2 aliphatic heterocycles. The Bertz CT molecular complexity index is 1370. The average Bonchev–Trinajstić information content (AvgIpc) is 3.55. The van der Waals surface area contributed by atoms with Crippen molar-refractivity contribution in [2.75, 3.05) is 13.2 Å². The molecular formula is C34H46F3NO3Si. The fraction of sp³-hybridized carbons (Fsp3) is 0.676. The van der Waals surface area contributed by atoms with Crippen LogP contribution < -0.4 is 0 Å². The minimum absolute atomic E-state index is 0.0259. The molecule has 1 spiro atoms. The largest absolute Gasteiger partial charge is 0.416 e. The number of hydrogen-bond acceptors (Lipinski definition) is 4. The van der Waals surface area contributed by atoms with Crippen LogP contribution in [0.1, 0.15) is 125 Å². The van der Waals surface area contributed by atoms with Gasteiger partial charge in [-0.1, -0.05) is 53.7 Å². The molecule has 6 rings (SSSR count). The van der Waals surface area contributed by atoms with E-state index in [1.54, 1.807) is 12.1 Å². The highest BCUT2D eigenvalue weighted by atomic mass is 28.4. The summed E-state index contributed by atoms with van der Waals surface area (Å²) in [5.74, 6) is 0. The first-order valence-electron chi connectivity index (χ1n) is 15.5. The van der Waals surface area contributed by atoms with Crippen LogP contribution in [0.5, 0.6) is 0 Å². The molecule has 42 heavy (non-hydrogen) atoms. The highest BCUT2D eigenvalue weighted by molar-refractivity contribution is 6.74. The maximum Gasteiger partial charge on any atom is 0.416 e. The second kappa shape index (κ2) is 9.63. The van der Waals surface area contributed by atoms with E-state index >= 15 is 0 Å². The minimum Gasteiger partial charge on any atom is -0.410 e. The van der Waals surface area contributed by atoms with Crippen LogP contribution in [0, 0.1) is 5.41 Å². The summed E-state index contributed by atoms with van der Waals surface area (Å²) in [6.45, 7) is 19.5. The Labute approximate surface area is 249 Å². The van der Waals surface area contributed by atoms with Gasteiger partial charge in [0, 0.05) is 48.3 Å². The zero-order valence-corrected chi connectivity index (χ0v) is 27.4. The van der Waals surface area contributed by atoms with Crippen molar-refractivity contribution in [3.8, 4) is 0 Å². The Morgan fingerprint density at radius 1 is 0.929 bits per heavy atom. The first-order chi connectivity index (χ1) is 19.4. The van der Waals surface area contributed by atoms with Crippen molar-refractivity contribution in [1.29, 1.82) is 0 Å².